The van der Waals surface area contributed by atoms with Crippen molar-refractivity contribution in [1.82, 2.24) is 0 Å². The predicted octanol–water partition coefficient (Wildman–Crippen LogP) is 6.86. The number of hydrogen-bond acceptors (Lipinski definition) is 4. The van der Waals surface area contributed by atoms with Gasteiger partial charge in [0, 0.05) is 0 Å². The Hall–Kier alpha value is -1.39. The number of methoxy groups -OCH3 is 1. The van der Waals surface area contributed by atoms with E-state index in [4.69, 9.17) is 14.5 Å². The summed E-state index contributed by atoms with van der Waals surface area (Å²) in [6, 6.07) is 0. The minimum Gasteiger partial charge on any atom is -0.469 e. The Bertz CT molecular complexity index is 588. The molecular weight excluding hydrogens is 364 g/mol. The number of carbonyl (C=O) groups is 1. The molecule has 0 saturated carbocycles. The van der Waals surface area contributed by atoms with Crippen molar-refractivity contribution in [2.75, 3.05) is 7.11 Å². The summed E-state index contributed by atoms with van der Waals surface area (Å²) in [5.74, 6) is -0.549. The maximum Gasteiger partial charge on any atom is 0.311 e. The Labute approximate surface area is 178 Å². The summed E-state index contributed by atoms with van der Waals surface area (Å²) < 4.78 is 4.80. The standard InChI is InChI=1S/C25H42O4/c1-19(2)11-8-12-20(3)13-9-14-21(4)15-10-17-25(6)18-16-23(28-29-25)22(5)24(26)27-7/h11,13,15,22-23H,8-10,12,14,16-18H2,1-7H3. The zero-order valence-corrected chi connectivity index (χ0v) is 19.7. The SMILES string of the molecule is COC(=O)C(C)C1CCC(C)(CCC=C(C)CCC=C(C)CCC=C(C)C)OO1. The van der Waals surface area contributed by atoms with Crippen molar-refractivity contribution in [1.29, 1.82) is 0 Å². The fourth-order valence-electron chi connectivity index (χ4n) is 3.52. The molecule has 1 aliphatic rings. The van der Waals surface area contributed by atoms with Gasteiger partial charge in [0.15, 0.2) is 0 Å². The van der Waals surface area contributed by atoms with Gasteiger partial charge in [0.2, 0.25) is 0 Å². The first-order valence-electron chi connectivity index (χ1n) is 11.0. The summed E-state index contributed by atoms with van der Waals surface area (Å²) in [4.78, 5) is 22.9. The highest BCUT2D eigenvalue weighted by molar-refractivity contribution is 5.72. The minimum atomic E-state index is -0.301. The molecule has 0 aromatic rings. The van der Waals surface area contributed by atoms with Gasteiger partial charge in [0.25, 0.3) is 0 Å². The van der Waals surface area contributed by atoms with Crippen LogP contribution in [-0.2, 0) is 19.3 Å². The van der Waals surface area contributed by atoms with Gasteiger partial charge < -0.3 is 4.74 Å². The molecule has 1 rings (SSSR count). The molecule has 0 aromatic heterocycles. The van der Waals surface area contributed by atoms with Crippen molar-refractivity contribution in [2.45, 2.75) is 105 Å². The van der Waals surface area contributed by atoms with Crippen molar-refractivity contribution in [3.05, 3.63) is 34.9 Å². The molecule has 3 atom stereocenters. The normalized spacial score (nSPS) is 24.2. The van der Waals surface area contributed by atoms with Crippen molar-refractivity contribution >= 4 is 5.97 Å². The van der Waals surface area contributed by atoms with Crippen LogP contribution in [0.15, 0.2) is 34.9 Å². The first-order valence-corrected chi connectivity index (χ1v) is 11.0. The zero-order valence-electron chi connectivity index (χ0n) is 19.7. The molecule has 4 heteroatoms. The molecule has 1 aliphatic heterocycles. The second-order valence-electron chi connectivity index (χ2n) is 9.02. The van der Waals surface area contributed by atoms with Crippen LogP contribution in [-0.4, -0.2) is 24.8 Å². The van der Waals surface area contributed by atoms with Gasteiger partial charge in [-0.3, -0.25) is 4.79 Å². The van der Waals surface area contributed by atoms with Crippen LogP contribution in [0.5, 0.6) is 0 Å². The monoisotopic (exact) mass is 406 g/mol. The van der Waals surface area contributed by atoms with Crippen LogP contribution in [0.2, 0.25) is 0 Å². The van der Waals surface area contributed by atoms with Crippen LogP contribution >= 0.6 is 0 Å². The first-order chi connectivity index (χ1) is 13.7. The van der Waals surface area contributed by atoms with Gasteiger partial charge in [0.1, 0.15) is 11.7 Å². The average molecular weight is 407 g/mol. The molecule has 166 valence electrons. The summed E-state index contributed by atoms with van der Waals surface area (Å²) in [6.45, 7) is 12.7. The number of esters is 1. The van der Waals surface area contributed by atoms with Crippen LogP contribution in [0.1, 0.15) is 92.9 Å². The Morgan fingerprint density at radius 3 is 2.17 bits per heavy atom. The van der Waals surface area contributed by atoms with Crippen molar-refractivity contribution in [3.8, 4) is 0 Å². The van der Waals surface area contributed by atoms with E-state index in [0.29, 0.717) is 0 Å². The van der Waals surface area contributed by atoms with Gasteiger partial charge in [-0.1, -0.05) is 34.9 Å². The Balaban J connectivity index is 2.32. The molecule has 1 fully saturated rings. The number of ether oxygens (including phenoxy) is 1. The molecule has 4 nitrogen and oxygen atoms in total. The third-order valence-electron chi connectivity index (χ3n) is 5.75. The molecule has 0 amide bonds. The van der Waals surface area contributed by atoms with E-state index in [-0.39, 0.29) is 23.6 Å². The average Bonchev–Trinajstić information content (AvgIpc) is 2.67. The van der Waals surface area contributed by atoms with E-state index in [1.54, 1.807) is 0 Å². The molecule has 1 heterocycles. The highest BCUT2D eigenvalue weighted by atomic mass is 17.2. The van der Waals surface area contributed by atoms with Gasteiger partial charge in [-0.15, -0.1) is 0 Å². The second-order valence-corrected chi connectivity index (χ2v) is 9.02. The molecule has 0 bridgehead atoms. The first kappa shape index (κ1) is 25.6. The highest BCUT2D eigenvalue weighted by Crippen LogP contribution is 2.33. The van der Waals surface area contributed by atoms with Gasteiger partial charge in [-0.05, 0) is 92.9 Å². The van der Waals surface area contributed by atoms with Gasteiger partial charge >= 0.3 is 5.97 Å². The highest BCUT2D eigenvalue weighted by Gasteiger charge is 2.37. The van der Waals surface area contributed by atoms with E-state index in [2.05, 4.69) is 52.8 Å². The summed E-state index contributed by atoms with van der Waals surface area (Å²) >= 11 is 0. The molecule has 3 unspecified atom stereocenters. The summed E-state index contributed by atoms with van der Waals surface area (Å²) in [7, 11) is 1.41. The van der Waals surface area contributed by atoms with Crippen LogP contribution in [0.25, 0.3) is 0 Å². The van der Waals surface area contributed by atoms with Gasteiger partial charge in [-0.25, -0.2) is 9.78 Å². The molecule has 0 N–H and O–H groups in total. The lowest BCUT2D eigenvalue weighted by Gasteiger charge is -2.37. The van der Waals surface area contributed by atoms with E-state index in [1.165, 1.54) is 23.8 Å². The topological polar surface area (TPSA) is 44.8 Å². The molecule has 0 aromatic carbocycles. The van der Waals surface area contributed by atoms with Crippen molar-refractivity contribution in [2.24, 2.45) is 5.92 Å². The largest absolute Gasteiger partial charge is 0.469 e. The van der Waals surface area contributed by atoms with E-state index in [1.807, 2.05) is 6.92 Å². The number of hydrogen-bond donors (Lipinski definition) is 0. The second kappa shape index (κ2) is 13.0. The zero-order chi connectivity index (χ0) is 21.9. The minimum absolute atomic E-state index is 0.223. The van der Waals surface area contributed by atoms with E-state index < -0.39 is 0 Å². The summed E-state index contributed by atoms with van der Waals surface area (Å²) in [6.07, 6.45) is 14.9. The van der Waals surface area contributed by atoms with Crippen LogP contribution in [0.4, 0.5) is 0 Å². The smallest absolute Gasteiger partial charge is 0.311 e. The fraction of sp³-hybridized carbons (Fsp3) is 0.720. The van der Waals surface area contributed by atoms with Crippen LogP contribution in [0, 0.1) is 5.92 Å². The molecule has 0 aliphatic carbocycles. The summed E-state index contributed by atoms with van der Waals surface area (Å²) in [5, 5.41) is 0. The maximum atomic E-state index is 11.7. The van der Waals surface area contributed by atoms with E-state index in [0.717, 1.165) is 51.4 Å². The molecule has 0 spiro atoms. The van der Waals surface area contributed by atoms with E-state index >= 15 is 0 Å². The molecule has 1 saturated heterocycles. The predicted molar refractivity (Wildman–Crippen MR) is 119 cm³/mol. The van der Waals surface area contributed by atoms with Crippen molar-refractivity contribution in [3.63, 3.8) is 0 Å². The maximum absolute atomic E-state index is 11.7. The van der Waals surface area contributed by atoms with E-state index in [9.17, 15) is 4.79 Å². The molecule has 0 radical (unpaired) electrons. The number of rotatable bonds is 11. The number of carbonyl (C=O) groups excluding carboxylic acids is 1. The molecule has 29 heavy (non-hydrogen) atoms. The van der Waals surface area contributed by atoms with Crippen LogP contribution < -0.4 is 0 Å². The summed E-state index contributed by atoms with van der Waals surface area (Å²) in [5.41, 5.74) is 4.01. The Kier molecular flexibility index (Phi) is 11.5. The Morgan fingerprint density at radius 2 is 1.66 bits per heavy atom. The lowest BCUT2D eigenvalue weighted by molar-refractivity contribution is -0.411. The van der Waals surface area contributed by atoms with Gasteiger partial charge in [0.05, 0.1) is 13.0 Å². The van der Waals surface area contributed by atoms with Crippen LogP contribution in [0.3, 0.4) is 0 Å². The van der Waals surface area contributed by atoms with Crippen molar-refractivity contribution < 1.29 is 19.3 Å². The third kappa shape index (κ3) is 10.3. The molecular formula is C25H42O4. The third-order valence-corrected chi connectivity index (χ3v) is 5.75. The lowest BCUT2D eigenvalue weighted by atomic mass is 9.88. The fourth-order valence-corrected chi connectivity index (χ4v) is 3.52. The lowest BCUT2D eigenvalue weighted by Crippen LogP contribution is -2.41. The number of allylic oxidation sites excluding steroid dienone is 6. The quantitative estimate of drug-likeness (QED) is 0.213. The van der Waals surface area contributed by atoms with Gasteiger partial charge in [-0.2, -0.15) is 0 Å². The Morgan fingerprint density at radius 1 is 1.07 bits per heavy atom.